The number of hydrogen-bond acceptors (Lipinski definition) is 3. The van der Waals surface area contributed by atoms with Gasteiger partial charge in [0.15, 0.2) is 0 Å². The van der Waals surface area contributed by atoms with Gasteiger partial charge >= 0.3 is 0 Å². The maximum Gasteiger partial charge on any atom is 0.0613 e. The van der Waals surface area contributed by atoms with E-state index >= 15 is 0 Å². The van der Waals surface area contributed by atoms with Crippen LogP contribution in [0.25, 0.3) is 0 Å². The molecule has 90 valence electrons. The molecule has 0 saturated heterocycles. The van der Waals surface area contributed by atoms with Crippen LogP contribution in [0.15, 0.2) is 0 Å². The molecule has 1 saturated carbocycles. The van der Waals surface area contributed by atoms with Gasteiger partial charge in [0.2, 0.25) is 0 Å². The van der Waals surface area contributed by atoms with Crippen molar-refractivity contribution in [2.24, 2.45) is 5.92 Å². The summed E-state index contributed by atoms with van der Waals surface area (Å²) in [7, 11) is 4.16. The molecule has 1 fully saturated rings. The molecule has 0 radical (unpaired) electrons. The van der Waals surface area contributed by atoms with E-state index < -0.39 is 0 Å². The molecule has 0 amide bonds. The first-order valence-electron chi connectivity index (χ1n) is 6.08. The van der Waals surface area contributed by atoms with Crippen LogP contribution in [0.2, 0.25) is 0 Å². The van der Waals surface area contributed by atoms with Crippen molar-refractivity contribution in [3.63, 3.8) is 0 Å². The van der Waals surface area contributed by atoms with E-state index in [1.807, 2.05) is 0 Å². The minimum atomic E-state index is 0.0164. The first-order valence-corrected chi connectivity index (χ1v) is 6.08. The zero-order valence-corrected chi connectivity index (χ0v) is 10.4. The molecule has 1 rings (SSSR count). The lowest BCUT2D eigenvalue weighted by molar-refractivity contribution is 0.104. The highest BCUT2D eigenvalue weighted by Crippen LogP contribution is 2.31. The zero-order chi connectivity index (χ0) is 11.3. The van der Waals surface area contributed by atoms with Crippen LogP contribution in [0.5, 0.6) is 0 Å². The van der Waals surface area contributed by atoms with Gasteiger partial charge in [-0.15, -0.1) is 0 Å². The maximum absolute atomic E-state index is 9.52. The van der Waals surface area contributed by atoms with Crippen LogP contribution in [0.1, 0.15) is 32.6 Å². The third-order valence-corrected chi connectivity index (χ3v) is 3.59. The topological polar surface area (TPSA) is 35.5 Å². The molecule has 0 unspecified atom stereocenters. The molecule has 0 aromatic rings. The Morgan fingerprint density at radius 3 is 2.40 bits per heavy atom. The fourth-order valence-electron chi connectivity index (χ4n) is 2.25. The van der Waals surface area contributed by atoms with Crippen LogP contribution < -0.4 is 5.32 Å². The minimum absolute atomic E-state index is 0.0164. The molecule has 0 aliphatic heterocycles. The van der Waals surface area contributed by atoms with Crippen LogP contribution >= 0.6 is 0 Å². The van der Waals surface area contributed by atoms with Crippen molar-refractivity contribution in [1.29, 1.82) is 0 Å². The number of likely N-dealkylation sites (N-methyl/N-ethyl adjacent to an activating group) is 1. The molecular formula is C12H26N2O. The van der Waals surface area contributed by atoms with Gasteiger partial charge < -0.3 is 15.3 Å². The molecular weight excluding hydrogens is 188 g/mol. The fourth-order valence-corrected chi connectivity index (χ4v) is 2.25. The highest BCUT2D eigenvalue weighted by molar-refractivity contribution is 4.91. The van der Waals surface area contributed by atoms with E-state index in [1.54, 1.807) is 0 Å². The van der Waals surface area contributed by atoms with Crippen LogP contribution in [0, 0.1) is 5.92 Å². The zero-order valence-electron chi connectivity index (χ0n) is 10.4. The molecule has 0 heterocycles. The summed E-state index contributed by atoms with van der Waals surface area (Å²) in [5.41, 5.74) is 0.0164. The smallest absolute Gasteiger partial charge is 0.0613 e. The van der Waals surface area contributed by atoms with Crippen molar-refractivity contribution in [3.05, 3.63) is 0 Å². The van der Waals surface area contributed by atoms with Crippen molar-refractivity contribution < 1.29 is 5.11 Å². The first-order chi connectivity index (χ1) is 7.08. The lowest BCUT2D eigenvalue weighted by Crippen LogP contribution is -2.52. The highest BCUT2D eigenvalue weighted by atomic mass is 16.3. The maximum atomic E-state index is 9.52. The largest absolute Gasteiger partial charge is 0.394 e. The molecule has 0 aromatic carbocycles. The molecule has 1 aliphatic rings. The molecule has 0 aromatic heterocycles. The van der Waals surface area contributed by atoms with Crippen LogP contribution in [-0.4, -0.2) is 49.3 Å². The first kappa shape index (κ1) is 12.9. The molecule has 2 N–H and O–H groups in total. The van der Waals surface area contributed by atoms with E-state index in [4.69, 9.17) is 0 Å². The van der Waals surface area contributed by atoms with Crippen LogP contribution in [0.4, 0.5) is 0 Å². The number of aliphatic hydroxyl groups is 1. The number of rotatable bonds is 5. The summed E-state index contributed by atoms with van der Waals surface area (Å²) in [4.78, 5) is 2.17. The Kier molecular flexibility index (Phi) is 5.03. The van der Waals surface area contributed by atoms with Gasteiger partial charge in [-0.3, -0.25) is 0 Å². The van der Waals surface area contributed by atoms with Gasteiger partial charge in [0.05, 0.1) is 6.61 Å². The molecule has 0 spiro atoms. The summed E-state index contributed by atoms with van der Waals surface area (Å²) >= 11 is 0. The predicted molar refractivity (Wildman–Crippen MR) is 64.0 cm³/mol. The monoisotopic (exact) mass is 214 g/mol. The average molecular weight is 214 g/mol. The summed E-state index contributed by atoms with van der Waals surface area (Å²) in [6.45, 7) is 4.60. The molecule has 15 heavy (non-hydrogen) atoms. The van der Waals surface area contributed by atoms with Gasteiger partial charge in [-0.25, -0.2) is 0 Å². The van der Waals surface area contributed by atoms with Crippen molar-refractivity contribution in [3.8, 4) is 0 Å². The lowest BCUT2D eigenvalue weighted by atomic mass is 9.77. The quantitative estimate of drug-likeness (QED) is 0.719. The Hall–Kier alpha value is -0.120. The second kappa shape index (κ2) is 5.83. The van der Waals surface area contributed by atoms with E-state index in [-0.39, 0.29) is 12.1 Å². The lowest BCUT2D eigenvalue weighted by Gasteiger charge is -2.39. The van der Waals surface area contributed by atoms with E-state index in [0.717, 1.165) is 31.8 Å². The Morgan fingerprint density at radius 1 is 1.33 bits per heavy atom. The standard InChI is InChI=1S/C12H26N2O/c1-11-4-6-12(10-15,7-5-11)13-8-9-14(2)3/h11,13,15H,4-10H2,1-3H3. The highest BCUT2D eigenvalue weighted by Gasteiger charge is 2.32. The molecule has 0 atom stereocenters. The number of nitrogens with one attached hydrogen (secondary N) is 1. The van der Waals surface area contributed by atoms with E-state index in [2.05, 4.69) is 31.2 Å². The van der Waals surface area contributed by atoms with Crippen molar-refractivity contribution in [2.75, 3.05) is 33.8 Å². The fraction of sp³-hybridized carbons (Fsp3) is 1.00. The second-order valence-electron chi connectivity index (χ2n) is 5.35. The summed E-state index contributed by atoms with van der Waals surface area (Å²) in [6.07, 6.45) is 4.74. The van der Waals surface area contributed by atoms with Crippen molar-refractivity contribution in [2.45, 2.75) is 38.1 Å². The second-order valence-corrected chi connectivity index (χ2v) is 5.35. The number of hydrogen-bond donors (Lipinski definition) is 2. The SMILES string of the molecule is CC1CCC(CO)(NCCN(C)C)CC1. The Morgan fingerprint density at radius 2 is 1.93 bits per heavy atom. The molecule has 0 bridgehead atoms. The Labute approximate surface area is 93.9 Å². The van der Waals surface area contributed by atoms with E-state index in [9.17, 15) is 5.11 Å². The third kappa shape index (κ3) is 4.09. The van der Waals surface area contributed by atoms with Crippen LogP contribution in [0.3, 0.4) is 0 Å². The van der Waals surface area contributed by atoms with Gasteiger partial charge in [0.1, 0.15) is 0 Å². The van der Waals surface area contributed by atoms with Gasteiger partial charge in [0.25, 0.3) is 0 Å². The summed E-state index contributed by atoms with van der Waals surface area (Å²) in [6, 6.07) is 0. The predicted octanol–water partition coefficient (Wildman–Crippen LogP) is 1.08. The van der Waals surface area contributed by atoms with E-state index in [1.165, 1.54) is 12.8 Å². The molecule has 1 aliphatic carbocycles. The number of aliphatic hydroxyl groups excluding tert-OH is 1. The van der Waals surface area contributed by atoms with Gasteiger partial charge in [-0.2, -0.15) is 0 Å². The average Bonchev–Trinajstić information content (AvgIpc) is 2.21. The van der Waals surface area contributed by atoms with Crippen LogP contribution in [-0.2, 0) is 0 Å². The van der Waals surface area contributed by atoms with Gasteiger partial charge in [-0.1, -0.05) is 6.92 Å². The van der Waals surface area contributed by atoms with Gasteiger partial charge in [0, 0.05) is 18.6 Å². The normalized spacial score (nSPS) is 32.2. The van der Waals surface area contributed by atoms with Crippen molar-refractivity contribution >= 4 is 0 Å². The molecule has 3 nitrogen and oxygen atoms in total. The third-order valence-electron chi connectivity index (χ3n) is 3.59. The summed E-state index contributed by atoms with van der Waals surface area (Å²) in [5, 5.41) is 13.1. The summed E-state index contributed by atoms with van der Waals surface area (Å²) < 4.78 is 0. The van der Waals surface area contributed by atoms with E-state index in [0.29, 0.717) is 0 Å². The number of nitrogens with zero attached hydrogens (tertiary/aromatic N) is 1. The summed E-state index contributed by atoms with van der Waals surface area (Å²) in [5.74, 6) is 0.834. The van der Waals surface area contributed by atoms with Gasteiger partial charge in [-0.05, 0) is 45.7 Å². The van der Waals surface area contributed by atoms with Crippen molar-refractivity contribution in [1.82, 2.24) is 10.2 Å². The Balaban J connectivity index is 2.33. The Bertz CT molecular complexity index is 174. The molecule has 3 heteroatoms. The minimum Gasteiger partial charge on any atom is -0.394 e.